The summed E-state index contributed by atoms with van der Waals surface area (Å²) < 4.78 is 35.7. The monoisotopic (exact) mass is 584 g/mol. The maximum absolute atomic E-state index is 12.9. The SMILES string of the molecule is C[C@@]12C[C@@]3(O)O[C@@H](O1)C1(COC(=O)c4ccccc4)[C@H]3C[C@@]12O[C@@H]1O[C@H](COC(=O)c2ccccc2)[C@@H](O)[C@H](O)[C@H]1O. The van der Waals surface area contributed by atoms with Crippen LogP contribution < -0.4 is 0 Å². The van der Waals surface area contributed by atoms with E-state index in [0.717, 1.165) is 0 Å². The molecule has 9 rings (SSSR count). The number of esters is 2. The number of aliphatic hydroxyl groups excluding tert-OH is 3. The first-order chi connectivity index (χ1) is 20.0. The molecule has 6 bridgehead atoms. The zero-order valence-electron chi connectivity index (χ0n) is 22.7. The predicted molar refractivity (Wildman–Crippen MR) is 138 cm³/mol. The Morgan fingerprint density at radius 1 is 0.881 bits per heavy atom. The standard InChI is InChI=1S/C30H32O12/c1-27-14-29(36)19-12-30(27,28(19,26(41-27)42-29)15-38-24(35)17-10-6-3-7-11-17)40-25-22(33)21(32)20(31)18(39-25)13-37-23(34)16-8-4-2-5-9-16/h2-11,18-22,25-26,31-33,36H,12-15H2,1H3/t18-,19-,20-,21+,22-,25+,26-,27+,28?,29-,30+/m1/s1. The van der Waals surface area contributed by atoms with Gasteiger partial charge in [-0.3, -0.25) is 0 Å². The van der Waals surface area contributed by atoms with E-state index in [9.17, 15) is 30.0 Å². The fourth-order valence-electron chi connectivity index (χ4n) is 7.68. The van der Waals surface area contributed by atoms with Crippen LogP contribution in [-0.4, -0.2) is 99.6 Å². The van der Waals surface area contributed by atoms with Gasteiger partial charge in [-0.2, -0.15) is 0 Å². The van der Waals surface area contributed by atoms with E-state index < -0.39 is 83.9 Å². The smallest absolute Gasteiger partial charge is 0.338 e. The Bertz CT molecular complexity index is 1370. The minimum absolute atomic E-state index is 0.0572. The average molecular weight is 585 g/mol. The van der Waals surface area contributed by atoms with Crippen LogP contribution >= 0.6 is 0 Å². The molecule has 7 aliphatic rings. The Morgan fingerprint density at radius 2 is 1.50 bits per heavy atom. The summed E-state index contributed by atoms with van der Waals surface area (Å²) in [5.74, 6) is -3.25. The molecule has 0 amide bonds. The first-order valence-corrected chi connectivity index (χ1v) is 13.9. The highest BCUT2D eigenvalue weighted by Crippen LogP contribution is 2.81. The summed E-state index contributed by atoms with van der Waals surface area (Å²) in [5.41, 5.74) is -2.88. The second kappa shape index (κ2) is 9.53. The van der Waals surface area contributed by atoms with Gasteiger partial charge in [-0.05, 0) is 37.6 Å². The number of hydrogen-bond donors (Lipinski definition) is 4. The fourth-order valence-corrected chi connectivity index (χ4v) is 7.68. The molecule has 4 heterocycles. The highest BCUT2D eigenvalue weighted by atomic mass is 16.8. The van der Waals surface area contributed by atoms with Gasteiger partial charge in [0, 0.05) is 12.3 Å². The van der Waals surface area contributed by atoms with Crippen LogP contribution in [0.4, 0.5) is 0 Å². The third-order valence-electron chi connectivity index (χ3n) is 9.78. The Hall–Kier alpha value is -2.94. The summed E-state index contributed by atoms with van der Waals surface area (Å²) in [4.78, 5) is 25.4. The van der Waals surface area contributed by atoms with Crippen LogP contribution in [0.15, 0.2) is 60.7 Å². The number of hydrogen-bond acceptors (Lipinski definition) is 12. The molecule has 1 unspecified atom stereocenters. The topological polar surface area (TPSA) is 170 Å². The molecule has 4 saturated heterocycles. The molecule has 11 atom stereocenters. The lowest BCUT2D eigenvalue weighted by atomic mass is 9.41. The van der Waals surface area contributed by atoms with Crippen molar-refractivity contribution in [2.24, 2.45) is 11.3 Å². The maximum atomic E-state index is 12.9. The van der Waals surface area contributed by atoms with Gasteiger partial charge in [-0.25, -0.2) is 9.59 Å². The second-order valence-electron chi connectivity index (χ2n) is 12.0. The first kappa shape index (κ1) is 27.9. The second-order valence-corrected chi connectivity index (χ2v) is 12.0. The number of ether oxygens (including phenoxy) is 6. The lowest BCUT2D eigenvalue weighted by Gasteiger charge is -2.67. The van der Waals surface area contributed by atoms with Crippen molar-refractivity contribution in [1.29, 1.82) is 0 Å². The third kappa shape index (κ3) is 3.70. The molecule has 0 aromatic heterocycles. The van der Waals surface area contributed by atoms with E-state index in [1.165, 1.54) is 0 Å². The van der Waals surface area contributed by atoms with E-state index in [4.69, 9.17) is 28.4 Å². The van der Waals surface area contributed by atoms with Crippen molar-refractivity contribution >= 4 is 11.9 Å². The van der Waals surface area contributed by atoms with Gasteiger partial charge in [0.1, 0.15) is 48.8 Å². The maximum Gasteiger partial charge on any atom is 0.338 e. The Morgan fingerprint density at radius 3 is 2.14 bits per heavy atom. The van der Waals surface area contributed by atoms with Crippen LogP contribution in [-0.2, 0) is 28.4 Å². The molecule has 4 N–H and O–H groups in total. The number of rotatable bonds is 8. The van der Waals surface area contributed by atoms with Crippen LogP contribution in [0.5, 0.6) is 0 Å². The van der Waals surface area contributed by atoms with Crippen molar-refractivity contribution in [3.8, 4) is 0 Å². The molecular weight excluding hydrogens is 552 g/mol. The summed E-state index contributed by atoms with van der Waals surface area (Å²) in [5, 5.41) is 43.6. The van der Waals surface area contributed by atoms with Gasteiger partial charge < -0.3 is 48.8 Å². The van der Waals surface area contributed by atoms with Gasteiger partial charge in [0.2, 0.25) is 0 Å². The highest BCUT2D eigenvalue weighted by Gasteiger charge is 2.94. The number of benzene rings is 2. The predicted octanol–water partition coefficient (Wildman–Crippen LogP) is 0.507. The summed E-state index contributed by atoms with van der Waals surface area (Å²) in [6, 6.07) is 16.7. The zero-order valence-corrected chi connectivity index (χ0v) is 22.7. The molecule has 42 heavy (non-hydrogen) atoms. The van der Waals surface area contributed by atoms with Crippen molar-refractivity contribution < 1.29 is 58.4 Å². The minimum atomic E-state index is -1.69. The lowest BCUT2D eigenvalue weighted by molar-refractivity contribution is -0.424. The molecule has 3 saturated carbocycles. The molecule has 0 radical (unpaired) electrons. The molecule has 0 spiro atoms. The quantitative estimate of drug-likeness (QED) is 0.318. The molecule has 12 nitrogen and oxygen atoms in total. The molecule has 7 fully saturated rings. The van der Waals surface area contributed by atoms with E-state index in [1.807, 2.05) is 0 Å². The Kier molecular flexibility index (Phi) is 6.32. The summed E-state index contributed by atoms with van der Waals surface area (Å²) in [7, 11) is 0. The van der Waals surface area contributed by atoms with E-state index in [-0.39, 0.29) is 19.4 Å². The molecule has 224 valence electrons. The summed E-state index contributed by atoms with van der Waals surface area (Å²) in [6.07, 6.45) is -8.34. The minimum Gasteiger partial charge on any atom is -0.461 e. The summed E-state index contributed by atoms with van der Waals surface area (Å²) >= 11 is 0. The van der Waals surface area contributed by atoms with Gasteiger partial charge in [-0.1, -0.05) is 36.4 Å². The molecule has 3 aliphatic carbocycles. The first-order valence-electron chi connectivity index (χ1n) is 13.9. The Balaban J connectivity index is 1.13. The largest absolute Gasteiger partial charge is 0.461 e. The third-order valence-corrected chi connectivity index (χ3v) is 9.78. The van der Waals surface area contributed by atoms with E-state index >= 15 is 0 Å². The molecule has 2 aromatic rings. The van der Waals surface area contributed by atoms with Gasteiger partial charge in [-0.15, -0.1) is 0 Å². The van der Waals surface area contributed by atoms with Gasteiger partial charge >= 0.3 is 11.9 Å². The average Bonchev–Trinajstić information content (AvgIpc) is 3.18. The number of aliphatic hydroxyl groups is 4. The van der Waals surface area contributed by atoms with Crippen molar-refractivity contribution in [1.82, 2.24) is 0 Å². The van der Waals surface area contributed by atoms with Crippen LogP contribution in [0.1, 0.15) is 40.5 Å². The van der Waals surface area contributed by atoms with Gasteiger partial charge in [0.05, 0.1) is 16.5 Å². The lowest BCUT2D eigenvalue weighted by Crippen LogP contribution is -2.80. The molecule has 2 aromatic carbocycles. The number of carbonyl (C=O) groups excluding carboxylic acids is 2. The van der Waals surface area contributed by atoms with E-state index in [2.05, 4.69) is 0 Å². The van der Waals surface area contributed by atoms with Crippen molar-refractivity contribution in [2.75, 3.05) is 13.2 Å². The zero-order chi connectivity index (χ0) is 29.5. The van der Waals surface area contributed by atoms with Crippen LogP contribution in [0.2, 0.25) is 0 Å². The van der Waals surface area contributed by atoms with E-state index in [0.29, 0.717) is 11.1 Å². The van der Waals surface area contributed by atoms with Gasteiger partial charge in [0.15, 0.2) is 18.4 Å². The van der Waals surface area contributed by atoms with Crippen molar-refractivity contribution in [3.05, 3.63) is 71.8 Å². The molecular formula is C30H32O12. The normalized spacial score (nSPS) is 44.5. The highest BCUT2D eigenvalue weighted by molar-refractivity contribution is 5.89. The van der Waals surface area contributed by atoms with Gasteiger partial charge in [0.25, 0.3) is 0 Å². The van der Waals surface area contributed by atoms with Crippen LogP contribution in [0.25, 0.3) is 0 Å². The van der Waals surface area contributed by atoms with Crippen molar-refractivity contribution in [3.63, 3.8) is 0 Å². The van der Waals surface area contributed by atoms with E-state index in [1.54, 1.807) is 67.6 Å². The molecule has 4 aliphatic heterocycles. The number of carbonyl (C=O) groups is 2. The van der Waals surface area contributed by atoms with Crippen molar-refractivity contribution in [2.45, 2.75) is 73.8 Å². The van der Waals surface area contributed by atoms with Crippen LogP contribution in [0, 0.1) is 11.3 Å². The Labute approximate surface area is 240 Å². The fraction of sp³-hybridized carbons (Fsp3) is 0.533. The molecule has 12 heteroatoms. The van der Waals surface area contributed by atoms with Crippen LogP contribution in [0.3, 0.4) is 0 Å². The summed E-state index contributed by atoms with van der Waals surface area (Å²) in [6.45, 7) is 1.12.